The van der Waals surface area contributed by atoms with Gasteiger partial charge in [0.2, 0.25) is 0 Å². The van der Waals surface area contributed by atoms with Crippen molar-refractivity contribution in [3.63, 3.8) is 0 Å². The molecule has 3 aromatic carbocycles. The van der Waals surface area contributed by atoms with Crippen LogP contribution in [0.15, 0.2) is 84.0 Å². The molecule has 120 valence electrons. The van der Waals surface area contributed by atoms with E-state index in [2.05, 4.69) is 10.5 Å². The first-order valence-electron chi connectivity index (χ1n) is 7.61. The van der Waals surface area contributed by atoms with Crippen molar-refractivity contribution in [3.05, 3.63) is 95.8 Å². The van der Waals surface area contributed by atoms with Crippen LogP contribution < -0.4 is 10.2 Å². The van der Waals surface area contributed by atoms with E-state index < -0.39 is 0 Å². The number of nitrogens with one attached hydrogen (secondary N) is 1. The molecule has 0 atom stereocenters. The van der Waals surface area contributed by atoms with Gasteiger partial charge in [-0.3, -0.25) is 5.43 Å². The molecule has 0 fully saturated rings. The van der Waals surface area contributed by atoms with Gasteiger partial charge in [0.05, 0.1) is 11.9 Å². The summed E-state index contributed by atoms with van der Waals surface area (Å²) < 4.78 is 18.7. The summed E-state index contributed by atoms with van der Waals surface area (Å²) in [5, 5.41) is 4.22. The van der Waals surface area contributed by atoms with E-state index in [9.17, 15) is 4.39 Å². The van der Waals surface area contributed by atoms with Gasteiger partial charge >= 0.3 is 0 Å². The number of rotatable bonds is 6. The molecule has 0 saturated carbocycles. The fourth-order valence-corrected chi connectivity index (χ4v) is 2.18. The Morgan fingerprint density at radius 2 is 1.75 bits per heavy atom. The largest absolute Gasteiger partial charge is 0.489 e. The Balaban J connectivity index is 1.59. The van der Waals surface area contributed by atoms with Crippen molar-refractivity contribution in [2.45, 2.75) is 6.61 Å². The van der Waals surface area contributed by atoms with Crippen LogP contribution in [0.2, 0.25) is 0 Å². The van der Waals surface area contributed by atoms with Gasteiger partial charge in [-0.1, -0.05) is 42.5 Å². The third-order valence-electron chi connectivity index (χ3n) is 3.33. The molecular weight excluding hydrogens is 303 g/mol. The number of ether oxygens (including phenoxy) is 1. The Kier molecular flexibility index (Phi) is 5.20. The zero-order valence-corrected chi connectivity index (χ0v) is 13.0. The molecule has 0 amide bonds. The summed E-state index contributed by atoms with van der Waals surface area (Å²) in [6.07, 6.45) is 1.75. The first kappa shape index (κ1) is 15.7. The van der Waals surface area contributed by atoms with Crippen molar-refractivity contribution in [2.24, 2.45) is 5.10 Å². The van der Waals surface area contributed by atoms with Crippen molar-refractivity contribution < 1.29 is 9.13 Å². The third-order valence-corrected chi connectivity index (χ3v) is 3.33. The molecule has 0 aliphatic carbocycles. The molecule has 0 unspecified atom stereocenters. The predicted octanol–water partition coefficient (Wildman–Crippen LogP) is 4.85. The number of nitrogens with zero attached hydrogens (tertiary/aromatic N) is 1. The van der Waals surface area contributed by atoms with E-state index in [1.165, 1.54) is 12.1 Å². The lowest BCUT2D eigenvalue weighted by Gasteiger charge is -2.07. The van der Waals surface area contributed by atoms with Crippen LogP contribution in [0, 0.1) is 5.82 Å². The number of para-hydroxylation sites is 1. The topological polar surface area (TPSA) is 33.6 Å². The van der Waals surface area contributed by atoms with Gasteiger partial charge in [-0.25, -0.2) is 4.39 Å². The van der Waals surface area contributed by atoms with Crippen molar-refractivity contribution in [2.75, 3.05) is 5.43 Å². The van der Waals surface area contributed by atoms with Gasteiger partial charge < -0.3 is 4.74 Å². The number of hydrazone groups is 1. The zero-order chi connectivity index (χ0) is 16.6. The van der Waals surface area contributed by atoms with Crippen LogP contribution in [0.25, 0.3) is 0 Å². The number of anilines is 1. The molecule has 0 aromatic heterocycles. The molecule has 0 spiro atoms. The molecule has 0 aliphatic rings. The van der Waals surface area contributed by atoms with Crippen molar-refractivity contribution in [3.8, 4) is 5.75 Å². The third kappa shape index (κ3) is 4.68. The normalized spacial score (nSPS) is 10.7. The van der Waals surface area contributed by atoms with E-state index in [0.717, 1.165) is 16.8 Å². The molecule has 0 radical (unpaired) electrons. The lowest BCUT2D eigenvalue weighted by Crippen LogP contribution is -1.97. The molecule has 3 rings (SSSR count). The lowest BCUT2D eigenvalue weighted by molar-refractivity contribution is 0.304. The summed E-state index contributed by atoms with van der Waals surface area (Å²) >= 11 is 0. The summed E-state index contributed by atoms with van der Waals surface area (Å²) in [6.45, 7) is 0.372. The Labute approximate surface area is 140 Å². The summed E-state index contributed by atoms with van der Waals surface area (Å²) in [4.78, 5) is 0. The maximum Gasteiger partial charge on any atom is 0.126 e. The fourth-order valence-electron chi connectivity index (χ4n) is 2.18. The Morgan fingerprint density at radius 1 is 0.917 bits per heavy atom. The molecule has 3 aromatic rings. The van der Waals surface area contributed by atoms with E-state index in [-0.39, 0.29) is 5.82 Å². The smallest absolute Gasteiger partial charge is 0.126 e. The lowest BCUT2D eigenvalue weighted by atomic mass is 10.1. The van der Waals surface area contributed by atoms with E-state index >= 15 is 0 Å². The molecule has 0 bridgehead atoms. The average Bonchev–Trinajstić information content (AvgIpc) is 2.61. The van der Waals surface area contributed by atoms with E-state index in [0.29, 0.717) is 12.4 Å². The second-order valence-electron chi connectivity index (χ2n) is 5.23. The standard InChI is InChI=1S/C20H17FN2O/c21-18-8-5-11-20(13-18)24-15-17-7-4-6-16(12-17)14-22-23-19-9-2-1-3-10-19/h1-14,23H,15H2. The molecule has 24 heavy (non-hydrogen) atoms. The maximum atomic E-state index is 13.1. The number of hydrogen-bond acceptors (Lipinski definition) is 3. The molecule has 4 heteroatoms. The fraction of sp³-hybridized carbons (Fsp3) is 0.0500. The van der Waals surface area contributed by atoms with Crippen LogP contribution >= 0.6 is 0 Å². The van der Waals surface area contributed by atoms with Crippen LogP contribution in [0.1, 0.15) is 11.1 Å². The van der Waals surface area contributed by atoms with Crippen LogP contribution in [0.4, 0.5) is 10.1 Å². The molecule has 0 heterocycles. The molecule has 3 nitrogen and oxygen atoms in total. The highest BCUT2D eigenvalue weighted by molar-refractivity contribution is 5.80. The van der Waals surface area contributed by atoms with Gasteiger partial charge in [-0.2, -0.15) is 5.10 Å². The monoisotopic (exact) mass is 320 g/mol. The van der Waals surface area contributed by atoms with E-state index in [4.69, 9.17) is 4.74 Å². The van der Waals surface area contributed by atoms with Gasteiger partial charge in [0.25, 0.3) is 0 Å². The second-order valence-corrected chi connectivity index (χ2v) is 5.23. The summed E-state index contributed by atoms with van der Waals surface area (Å²) in [5.74, 6) is 0.209. The number of halogens is 1. The average molecular weight is 320 g/mol. The Hall–Kier alpha value is -3.14. The molecular formula is C20H17FN2O. The highest BCUT2D eigenvalue weighted by atomic mass is 19.1. The van der Waals surface area contributed by atoms with Crippen molar-refractivity contribution in [1.29, 1.82) is 0 Å². The minimum atomic E-state index is -0.305. The summed E-state index contributed by atoms with van der Waals surface area (Å²) in [7, 11) is 0. The highest BCUT2D eigenvalue weighted by Gasteiger charge is 1.99. The van der Waals surface area contributed by atoms with Gasteiger partial charge in [0, 0.05) is 6.07 Å². The maximum absolute atomic E-state index is 13.1. The van der Waals surface area contributed by atoms with Gasteiger partial charge in [-0.15, -0.1) is 0 Å². The minimum Gasteiger partial charge on any atom is -0.489 e. The molecule has 0 aliphatic heterocycles. The highest BCUT2D eigenvalue weighted by Crippen LogP contribution is 2.14. The number of benzene rings is 3. The molecule has 0 saturated heterocycles. The predicted molar refractivity (Wildman–Crippen MR) is 94.8 cm³/mol. The van der Waals surface area contributed by atoms with Gasteiger partial charge in [0.15, 0.2) is 0 Å². The number of hydrogen-bond donors (Lipinski definition) is 1. The van der Waals surface area contributed by atoms with Crippen molar-refractivity contribution in [1.82, 2.24) is 0 Å². The summed E-state index contributed by atoms with van der Waals surface area (Å²) in [6, 6.07) is 23.7. The second kappa shape index (κ2) is 7.92. The SMILES string of the molecule is Fc1cccc(OCc2cccc(C=NNc3ccccc3)c2)c1. The van der Waals surface area contributed by atoms with E-state index in [1.54, 1.807) is 18.3 Å². The minimum absolute atomic E-state index is 0.305. The molecule has 1 N–H and O–H groups in total. The summed E-state index contributed by atoms with van der Waals surface area (Å²) in [5.41, 5.74) is 5.85. The quantitative estimate of drug-likeness (QED) is 0.520. The van der Waals surface area contributed by atoms with Gasteiger partial charge in [-0.05, 0) is 41.5 Å². The Morgan fingerprint density at radius 3 is 2.58 bits per heavy atom. The van der Waals surface area contributed by atoms with Crippen LogP contribution in [0.5, 0.6) is 5.75 Å². The Bertz CT molecular complexity index is 819. The van der Waals surface area contributed by atoms with Crippen molar-refractivity contribution >= 4 is 11.9 Å². The first-order chi connectivity index (χ1) is 11.8. The first-order valence-corrected chi connectivity index (χ1v) is 7.61. The van der Waals surface area contributed by atoms with Crippen LogP contribution in [-0.2, 0) is 6.61 Å². The van der Waals surface area contributed by atoms with Crippen LogP contribution in [0.3, 0.4) is 0 Å². The van der Waals surface area contributed by atoms with Gasteiger partial charge in [0.1, 0.15) is 18.2 Å². The van der Waals surface area contributed by atoms with Crippen LogP contribution in [-0.4, -0.2) is 6.21 Å². The van der Waals surface area contributed by atoms with E-state index in [1.807, 2.05) is 54.6 Å². The zero-order valence-electron chi connectivity index (χ0n) is 13.0.